The van der Waals surface area contributed by atoms with Crippen molar-refractivity contribution in [2.75, 3.05) is 88.2 Å². The standard InChI is InChI=1S/C23H31FN6O2.C23H30FN5O3/c1-4-27(10-5-9-25)13-23(3)8-11-28(14-23)20-15(2)19-17(12-18(20)24)21(31)30(26)22(32)29(19)16-6-7-16;1-4-27(10-5-9-25)13-23(2)8-11-28(14-23)19-17(24)12-16-18(20(19)32-3)29(15-6-7-15)22(31)26-21(16)30/h12,16H,4-8,10-11,13-14,26H2,1-3H3;12,15H,4-8,10-11,13-14H2,1-3H3,(H,26,30,31). The van der Waals surface area contributed by atoms with E-state index in [1.165, 1.54) is 19.2 Å². The monoisotopic (exact) mass is 885 g/mol. The second kappa shape index (κ2) is 18.4. The quantitative estimate of drug-likeness (QED) is 0.156. The fraction of sp³-hybridized carbons (Fsp3) is 0.609. The lowest BCUT2D eigenvalue weighted by Gasteiger charge is -2.32. The van der Waals surface area contributed by atoms with E-state index in [-0.39, 0.29) is 39.4 Å². The van der Waals surface area contributed by atoms with Gasteiger partial charge in [0.2, 0.25) is 0 Å². The van der Waals surface area contributed by atoms with Crippen molar-refractivity contribution in [1.82, 2.24) is 28.6 Å². The number of aromatic amines is 1. The molecular weight excluding hydrogens is 825 g/mol. The molecule has 3 N–H and O–H groups in total. The van der Waals surface area contributed by atoms with Crippen LogP contribution >= 0.6 is 0 Å². The summed E-state index contributed by atoms with van der Waals surface area (Å²) in [7, 11) is 1.45. The maximum absolute atomic E-state index is 15.4. The lowest BCUT2D eigenvalue weighted by molar-refractivity contribution is 0.189. The predicted octanol–water partition coefficient (Wildman–Crippen LogP) is 4.74. The van der Waals surface area contributed by atoms with Crippen molar-refractivity contribution in [3.63, 3.8) is 0 Å². The Bertz CT molecular complexity index is 2760. The molecule has 2 aliphatic carbocycles. The van der Waals surface area contributed by atoms with Gasteiger partial charge in [-0.3, -0.25) is 23.7 Å². The first kappa shape index (κ1) is 46.3. The lowest BCUT2D eigenvalue weighted by atomic mass is 9.89. The number of nitrogens with two attached hydrogens (primary N) is 1. The van der Waals surface area contributed by atoms with Crippen LogP contribution in [-0.2, 0) is 0 Å². The number of hydrogen-bond donors (Lipinski definition) is 2. The Kier molecular flexibility index (Phi) is 13.3. The first-order valence-electron chi connectivity index (χ1n) is 22.5. The van der Waals surface area contributed by atoms with Crippen molar-refractivity contribution in [3.05, 3.63) is 71.0 Å². The van der Waals surface area contributed by atoms with Crippen molar-refractivity contribution >= 4 is 33.2 Å². The van der Waals surface area contributed by atoms with E-state index >= 15 is 8.78 Å². The van der Waals surface area contributed by atoms with Gasteiger partial charge in [-0.25, -0.2) is 18.4 Å². The molecule has 4 fully saturated rings. The smallest absolute Gasteiger partial charge is 0.350 e. The maximum Gasteiger partial charge on any atom is 0.350 e. The Hall–Kier alpha value is -5.72. The molecule has 2 aliphatic heterocycles. The highest BCUT2D eigenvalue weighted by atomic mass is 19.1. The number of methoxy groups -OCH3 is 1. The molecular formula is C46H61F2N11O5. The van der Waals surface area contributed by atoms with Crippen molar-refractivity contribution in [3.8, 4) is 17.9 Å². The molecule has 0 radical (unpaired) electrons. The second-order valence-corrected chi connectivity index (χ2v) is 18.8. The number of nitrogens with zero attached hydrogens (tertiary/aromatic N) is 9. The number of aromatic nitrogens is 4. The summed E-state index contributed by atoms with van der Waals surface area (Å²) in [6, 6.07) is 6.86. The average Bonchev–Trinajstić information content (AvgIpc) is 4.21. The number of nitriles is 2. The highest BCUT2D eigenvalue weighted by Crippen LogP contribution is 2.45. The van der Waals surface area contributed by atoms with E-state index in [2.05, 4.69) is 54.6 Å². The van der Waals surface area contributed by atoms with Gasteiger partial charge in [-0.2, -0.15) is 15.2 Å². The number of benzene rings is 2. The highest BCUT2D eigenvalue weighted by Gasteiger charge is 2.40. The van der Waals surface area contributed by atoms with Crippen LogP contribution in [-0.4, -0.2) is 101 Å². The number of nitrogen functional groups attached to an aromatic ring is 1. The maximum atomic E-state index is 15.4. The minimum Gasteiger partial charge on any atom is -0.492 e. The molecule has 2 saturated carbocycles. The zero-order valence-corrected chi connectivity index (χ0v) is 37.9. The van der Waals surface area contributed by atoms with Crippen LogP contribution in [0.15, 0.2) is 31.3 Å². The van der Waals surface area contributed by atoms with E-state index in [1.807, 2.05) is 9.80 Å². The van der Waals surface area contributed by atoms with Gasteiger partial charge in [0.15, 0.2) is 11.6 Å². The summed E-state index contributed by atoms with van der Waals surface area (Å²) in [5.74, 6) is 4.97. The summed E-state index contributed by atoms with van der Waals surface area (Å²) in [5.41, 5.74) is -0.174. The summed E-state index contributed by atoms with van der Waals surface area (Å²) in [5, 5.41) is 18.1. The number of aryl methyl sites for hydroxylation is 1. The van der Waals surface area contributed by atoms with Crippen LogP contribution in [0.3, 0.4) is 0 Å². The Morgan fingerprint density at radius 3 is 1.81 bits per heavy atom. The third kappa shape index (κ3) is 8.99. The van der Waals surface area contributed by atoms with Crippen LogP contribution in [0, 0.1) is 52.1 Å². The first-order chi connectivity index (χ1) is 30.5. The molecule has 2 unspecified atom stereocenters. The van der Waals surface area contributed by atoms with Gasteiger partial charge in [0.1, 0.15) is 17.0 Å². The van der Waals surface area contributed by atoms with Crippen LogP contribution in [0.1, 0.15) is 96.7 Å². The SMILES string of the molecule is CCN(CCC#N)CC1(C)CCN(c2c(F)cc3c(=O)[nH]c(=O)n(C4CC4)c3c2OC)C1.CCN(CCC#N)CC1(C)CCN(c2c(F)cc3c(=O)n(N)c(=O)n(C4CC4)c3c2C)C1. The van der Waals surface area contributed by atoms with E-state index in [1.54, 1.807) is 16.1 Å². The van der Waals surface area contributed by atoms with Gasteiger partial charge in [-0.15, -0.1) is 0 Å². The number of hydrogen-bond acceptors (Lipinski definition) is 12. The molecule has 64 heavy (non-hydrogen) atoms. The number of H-pyrrole nitrogens is 1. The number of fused-ring (bicyclic) bond motifs is 2. The molecule has 2 aromatic carbocycles. The highest BCUT2D eigenvalue weighted by molar-refractivity contribution is 5.91. The minimum atomic E-state index is -0.669. The molecule has 4 aromatic rings. The predicted molar refractivity (Wildman–Crippen MR) is 244 cm³/mol. The van der Waals surface area contributed by atoms with E-state index in [0.29, 0.717) is 78.2 Å². The normalized spacial score (nSPS) is 20.9. The summed E-state index contributed by atoms with van der Waals surface area (Å²) in [6.07, 6.45) is 6.10. The van der Waals surface area contributed by atoms with E-state index < -0.39 is 34.1 Å². The van der Waals surface area contributed by atoms with Gasteiger partial charge in [0.25, 0.3) is 11.1 Å². The summed E-state index contributed by atoms with van der Waals surface area (Å²) < 4.78 is 40.1. The second-order valence-electron chi connectivity index (χ2n) is 18.8. The van der Waals surface area contributed by atoms with E-state index in [9.17, 15) is 19.2 Å². The third-order valence-electron chi connectivity index (χ3n) is 13.6. The number of rotatable bonds is 15. The number of anilines is 2. The van der Waals surface area contributed by atoms with Crippen LogP contribution in [0.5, 0.6) is 5.75 Å². The zero-order valence-electron chi connectivity index (χ0n) is 37.9. The number of ether oxygens (including phenoxy) is 1. The molecule has 2 aromatic heterocycles. The van der Waals surface area contributed by atoms with Gasteiger partial charge < -0.3 is 30.2 Å². The van der Waals surface area contributed by atoms with Crippen molar-refractivity contribution in [1.29, 1.82) is 10.5 Å². The largest absolute Gasteiger partial charge is 0.492 e. The van der Waals surface area contributed by atoms with Gasteiger partial charge in [-0.1, -0.05) is 27.7 Å². The fourth-order valence-corrected chi connectivity index (χ4v) is 10.1. The van der Waals surface area contributed by atoms with Crippen molar-refractivity contribution in [2.45, 2.75) is 98.1 Å². The molecule has 4 aliphatic rings. The zero-order chi connectivity index (χ0) is 46.2. The van der Waals surface area contributed by atoms with Crippen LogP contribution in [0.4, 0.5) is 20.2 Å². The fourth-order valence-electron chi connectivity index (χ4n) is 10.1. The summed E-state index contributed by atoms with van der Waals surface area (Å²) >= 11 is 0. The topological polar surface area (TPSA) is 195 Å². The Labute approximate surface area is 371 Å². The van der Waals surface area contributed by atoms with Gasteiger partial charge in [0.05, 0.1) is 41.2 Å². The number of halogens is 2. The van der Waals surface area contributed by atoms with E-state index in [0.717, 1.165) is 71.2 Å². The molecule has 0 bridgehead atoms. The Balaban J connectivity index is 0.000000191. The van der Waals surface area contributed by atoms with Crippen LogP contribution < -0.4 is 42.9 Å². The first-order valence-corrected chi connectivity index (χ1v) is 22.5. The third-order valence-corrected chi connectivity index (χ3v) is 13.6. The molecule has 0 amide bonds. The molecule has 16 nitrogen and oxygen atoms in total. The minimum absolute atomic E-state index is 0.000461. The lowest BCUT2D eigenvalue weighted by Crippen LogP contribution is -2.44. The number of nitrogens with one attached hydrogen (secondary N) is 1. The van der Waals surface area contributed by atoms with Gasteiger partial charge >= 0.3 is 11.4 Å². The average molecular weight is 886 g/mol. The van der Waals surface area contributed by atoms with Gasteiger partial charge in [-0.05, 0) is 81.5 Å². The van der Waals surface area contributed by atoms with Gasteiger partial charge in [0, 0.05) is 82.8 Å². The molecule has 18 heteroatoms. The molecule has 2 saturated heterocycles. The van der Waals surface area contributed by atoms with Crippen molar-refractivity contribution < 1.29 is 13.5 Å². The van der Waals surface area contributed by atoms with Crippen LogP contribution in [0.25, 0.3) is 21.8 Å². The molecule has 4 heterocycles. The molecule has 2 atom stereocenters. The van der Waals surface area contributed by atoms with E-state index in [4.69, 9.17) is 21.1 Å². The Morgan fingerprint density at radius 1 is 0.812 bits per heavy atom. The summed E-state index contributed by atoms with van der Waals surface area (Å²) in [4.78, 5) is 61.3. The molecule has 344 valence electrons. The van der Waals surface area contributed by atoms with Crippen molar-refractivity contribution in [2.24, 2.45) is 10.8 Å². The molecule has 8 rings (SSSR count). The summed E-state index contributed by atoms with van der Waals surface area (Å²) in [6.45, 7) is 17.7. The molecule has 0 spiro atoms. The van der Waals surface area contributed by atoms with Crippen LogP contribution in [0.2, 0.25) is 0 Å². The Morgan fingerprint density at radius 2 is 1.31 bits per heavy atom.